The van der Waals surface area contributed by atoms with Gasteiger partial charge in [-0.3, -0.25) is 0 Å². The van der Waals surface area contributed by atoms with Gasteiger partial charge in [0, 0.05) is 5.92 Å². The van der Waals surface area contributed by atoms with E-state index in [4.69, 9.17) is 4.74 Å². The van der Waals surface area contributed by atoms with Crippen LogP contribution in [0.4, 0.5) is 0 Å². The molecular formula is C14H22O2. The molecule has 0 saturated heterocycles. The van der Waals surface area contributed by atoms with Gasteiger partial charge in [0.05, 0.1) is 12.7 Å². The van der Waals surface area contributed by atoms with Crippen molar-refractivity contribution >= 4 is 0 Å². The molecule has 0 unspecified atom stereocenters. The van der Waals surface area contributed by atoms with Crippen molar-refractivity contribution in [2.75, 3.05) is 7.11 Å². The van der Waals surface area contributed by atoms with Crippen molar-refractivity contribution in [1.29, 1.82) is 0 Å². The molecular weight excluding hydrogens is 200 g/mol. The summed E-state index contributed by atoms with van der Waals surface area (Å²) in [6.45, 7) is 10.5. The van der Waals surface area contributed by atoms with Crippen molar-refractivity contribution in [3.05, 3.63) is 24.0 Å². The zero-order valence-electron chi connectivity index (χ0n) is 10.7. The van der Waals surface area contributed by atoms with E-state index in [1.807, 2.05) is 0 Å². The van der Waals surface area contributed by atoms with E-state index in [1.165, 1.54) is 5.57 Å². The van der Waals surface area contributed by atoms with Crippen molar-refractivity contribution < 1.29 is 9.84 Å². The molecule has 0 spiro atoms. The highest BCUT2D eigenvalue weighted by Crippen LogP contribution is 2.58. The highest BCUT2D eigenvalue weighted by Gasteiger charge is 2.55. The molecule has 3 rings (SSSR count). The van der Waals surface area contributed by atoms with Gasteiger partial charge in [0.1, 0.15) is 5.76 Å². The first kappa shape index (κ1) is 11.7. The van der Waals surface area contributed by atoms with E-state index in [0.717, 1.165) is 18.6 Å². The number of rotatable bonds is 2. The van der Waals surface area contributed by atoms with Crippen LogP contribution in [0, 0.1) is 17.3 Å². The topological polar surface area (TPSA) is 29.5 Å². The maximum Gasteiger partial charge on any atom is 0.101 e. The molecule has 1 fully saturated rings. The third kappa shape index (κ3) is 1.36. The molecule has 2 nitrogen and oxygen atoms in total. The normalized spacial score (nSPS) is 41.1. The molecule has 3 aliphatic rings. The summed E-state index contributed by atoms with van der Waals surface area (Å²) in [5.41, 5.74) is 0.798. The van der Waals surface area contributed by atoms with Crippen LogP contribution in [0.2, 0.25) is 0 Å². The van der Waals surface area contributed by atoms with E-state index in [1.54, 1.807) is 13.2 Å². The SMILES string of the molecule is C=C[C@]1(O)C[C@H]2C(C)=C(OC)[C@H]1CC2(C)C. The molecule has 0 aromatic carbocycles. The van der Waals surface area contributed by atoms with Crippen LogP contribution < -0.4 is 0 Å². The molecule has 0 amide bonds. The fraction of sp³-hybridized carbons (Fsp3) is 0.714. The van der Waals surface area contributed by atoms with Gasteiger partial charge in [-0.15, -0.1) is 6.58 Å². The van der Waals surface area contributed by atoms with Gasteiger partial charge in [0.15, 0.2) is 0 Å². The van der Waals surface area contributed by atoms with E-state index in [0.29, 0.717) is 5.92 Å². The average Bonchev–Trinajstić information content (AvgIpc) is 2.22. The molecule has 0 heterocycles. The Hall–Kier alpha value is -0.760. The van der Waals surface area contributed by atoms with E-state index < -0.39 is 5.60 Å². The molecule has 3 atom stereocenters. The molecule has 0 aromatic rings. The van der Waals surface area contributed by atoms with Gasteiger partial charge in [-0.1, -0.05) is 19.9 Å². The van der Waals surface area contributed by atoms with Crippen LogP contribution in [-0.2, 0) is 4.74 Å². The third-order valence-corrected chi connectivity index (χ3v) is 4.61. The second-order valence-corrected chi connectivity index (χ2v) is 5.95. The Labute approximate surface area is 98.0 Å². The van der Waals surface area contributed by atoms with Gasteiger partial charge in [-0.25, -0.2) is 0 Å². The first-order chi connectivity index (χ1) is 7.35. The van der Waals surface area contributed by atoms with Gasteiger partial charge in [-0.2, -0.15) is 0 Å². The zero-order chi connectivity index (χ0) is 12.1. The van der Waals surface area contributed by atoms with Gasteiger partial charge in [0.25, 0.3) is 0 Å². The number of ether oxygens (including phenoxy) is 1. The van der Waals surface area contributed by atoms with Crippen LogP contribution in [0.15, 0.2) is 24.0 Å². The summed E-state index contributed by atoms with van der Waals surface area (Å²) in [6.07, 6.45) is 3.46. The smallest absolute Gasteiger partial charge is 0.101 e. The molecule has 1 saturated carbocycles. The van der Waals surface area contributed by atoms with Crippen LogP contribution in [0.25, 0.3) is 0 Å². The average molecular weight is 222 g/mol. The van der Waals surface area contributed by atoms with E-state index >= 15 is 0 Å². The van der Waals surface area contributed by atoms with Crippen molar-refractivity contribution in [2.45, 2.75) is 39.2 Å². The van der Waals surface area contributed by atoms with Crippen molar-refractivity contribution in [3.63, 3.8) is 0 Å². The van der Waals surface area contributed by atoms with Crippen molar-refractivity contribution in [3.8, 4) is 0 Å². The maximum atomic E-state index is 10.6. The lowest BCUT2D eigenvalue weighted by atomic mass is 9.52. The Balaban J connectivity index is 2.51. The summed E-state index contributed by atoms with van der Waals surface area (Å²) in [4.78, 5) is 0. The van der Waals surface area contributed by atoms with E-state index in [9.17, 15) is 5.11 Å². The van der Waals surface area contributed by atoms with Crippen LogP contribution in [0.5, 0.6) is 0 Å². The third-order valence-electron chi connectivity index (χ3n) is 4.61. The van der Waals surface area contributed by atoms with Gasteiger partial charge < -0.3 is 9.84 Å². The predicted octanol–water partition coefficient (Wildman–Crippen LogP) is 2.89. The number of fused-ring (bicyclic) bond motifs is 2. The van der Waals surface area contributed by atoms with Gasteiger partial charge >= 0.3 is 0 Å². The minimum absolute atomic E-state index is 0.0787. The number of hydrogen-bond acceptors (Lipinski definition) is 2. The first-order valence-electron chi connectivity index (χ1n) is 5.96. The van der Waals surface area contributed by atoms with Crippen molar-refractivity contribution in [2.24, 2.45) is 17.3 Å². The number of hydrogen-bond donors (Lipinski definition) is 1. The number of allylic oxidation sites excluding steroid dienone is 1. The predicted molar refractivity (Wildman–Crippen MR) is 64.9 cm³/mol. The molecule has 0 aliphatic heterocycles. The molecule has 1 N–H and O–H groups in total. The maximum absolute atomic E-state index is 10.6. The second kappa shape index (κ2) is 3.36. The van der Waals surface area contributed by atoms with E-state index in [2.05, 4.69) is 27.4 Å². The minimum atomic E-state index is -0.773. The number of methoxy groups -OCH3 is 1. The molecule has 16 heavy (non-hydrogen) atoms. The summed E-state index contributed by atoms with van der Waals surface area (Å²) >= 11 is 0. The Morgan fingerprint density at radius 1 is 1.38 bits per heavy atom. The summed E-state index contributed by atoms with van der Waals surface area (Å²) in [5, 5.41) is 10.6. The van der Waals surface area contributed by atoms with Gasteiger partial charge in [-0.05, 0) is 36.7 Å². The molecule has 3 aliphatic carbocycles. The van der Waals surface area contributed by atoms with Crippen LogP contribution in [-0.4, -0.2) is 17.8 Å². The standard InChI is InChI=1S/C14H22O2/c1-6-14(15)8-10-9(2)12(16-5)11(14)7-13(10,3)4/h6,10-11,15H,1,7-8H2,2-5H3/t10-,11+,14-/m0/s1. The summed E-state index contributed by atoms with van der Waals surface area (Å²) in [6, 6.07) is 0. The summed E-state index contributed by atoms with van der Waals surface area (Å²) in [7, 11) is 1.70. The molecule has 0 radical (unpaired) electrons. The number of aliphatic hydroxyl groups is 1. The monoisotopic (exact) mass is 222 g/mol. The first-order valence-corrected chi connectivity index (χ1v) is 5.96. The fourth-order valence-corrected chi connectivity index (χ4v) is 3.62. The Morgan fingerprint density at radius 2 is 2.00 bits per heavy atom. The zero-order valence-corrected chi connectivity index (χ0v) is 10.7. The highest BCUT2D eigenvalue weighted by molar-refractivity contribution is 5.31. The Kier molecular flexibility index (Phi) is 2.46. The summed E-state index contributed by atoms with van der Waals surface area (Å²) < 4.78 is 5.50. The molecule has 2 bridgehead atoms. The second-order valence-electron chi connectivity index (χ2n) is 5.95. The summed E-state index contributed by atoms with van der Waals surface area (Å²) in [5.74, 6) is 1.46. The lowest BCUT2D eigenvalue weighted by molar-refractivity contribution is -0.0849. The minimum Gasteiger partial charge on any atom is -0.501 e. The molecule has 90 valence electrons. The quantitative estimate of drug-likeness (QED) is 0.728. The Bertz CT molecular complexity index is 354. The largest absolute Gasteiger partial charge is 0.501 e. The van der Waals surface area contributed by atoms with Crippen molar-refractivity contribution in [1.82, 2.24) is 0 Å². The van der Waals surface area contributed by atoms with Crippen LogP contribution >= 0.6 is 0 Å². The van der Waals surface area contributed by atoms with E-state index in [-0.39, 0.29) is 11.3 Å². The molecule has 2 heteroatoms. The fourth-order valence-electron chi connectivity index (χ4n) is 3.62. The lowest BCUT2D eigenvalue weighted by Crippen LogP contribution is -2.53. The van der Waals surface area contributed by atoms with Gasteiger partial charge in [0.2, 0.25) is 0 Å². The lowest BCUT2D eigenvalue weighted by Gasteiger charge is -2.55. The van der Waals surface area contributed by atoms with Crippen LogP contribution in [0.3, 0.4) is 0 Å². The molecule has 0 aromatic heterocycles. The highest BCUT2D eigenvalue weighted by atomic mass is 16.5. The Morgan fingerprint density at radius 3 is 2.50 bits per heavy atom. The van der Waals surface area contributed by atoms with Crippen LogP contribution in [0.1, 0.15) is 33.6 Å².